The predicted octanol–water partition coefficient (Wildman–Crippen LogP) is 0.730. The van der Waals surface area contributed by atoms with Crippen LogP contribution in [0.15, 0.2) is 6.20 Å². The van der Waals surface area contributed by atoms with Gasteiger partial charge in [-0.05, 0) is 32.6 Å². The highest BCUT2D eigenvalue weighted by atomic mass is 16.2. The van der Waals surface area contributed by atoms with E-state index in [4.69, 9.17) is 5.73 Å². The van der Waals surface area contributed by atoms with Crippen LogP contribution in [-0.2, 0) is 16.9 Å². The molecule has 1 aromatic rings. The Kier molecular flexibility index (Phi) is 3.89. The lowest BCUT2D eigenvalue weighted by Gasteiger charge is -2.30. The van der Waals surface area contributed by atoms with Gasteiger partial charge in [-0.2, -0.15) is 0 Å². The molecule has 1 aliphatic heterocycles. The molecule has 2 heterocycles. The highest BCUT2D eigenvalue weighted by Crippen LogP contribution is 2.16. The Hall–Kier alpha value is -1.43. The van der Waals surface area contributed by atoms with Gasteiger partial charge in [0.05, 0.1) is 11.7 Å². The van der Waals surface area contributed by atoms with Gasteiger partial charge in [-0.1, -0.05) is 12.1 Å². The second-order valence-electron chi connectivity index (χ2n) is 6.11. The number of piperidine rings is 1. The first kappa shape index (κ1) is 14.0. The normalized spacial score (nSPS) is 20.6. The van der Waals surface area contributed by atoms with Crippen molar-refractivity contribution in [1.29, 1.82) is 0 Å². The fraction of sp³-hybridized carbons (Fsp3) is 0.769. The smallest absolute Gasteiger partial charge is 0.244 e. The third kappa shape index (κ3) is 3.53. The molecule has 1 aliphatic rings. The lowest BCUT2D eigenvalue weighted by Crippen LogP contribution is -2.40. The summed E-state index contributed by atoms with van der Waals surface area (Å²) in [6.07, 6.45) is 4.05. The van der Waals surface area contributed by atoms with Crippen molar-refractivity contribution in [3.05, 3.63) is 11.9 Å². The molecule has 2 rings (SSSR count). The van der Waals surface area contributed by atoms with E-state index in [9.17, 15) is 4.79 Å². The minimum absolute atomic E-state index is 0.109. The highest BCUT2D eigenvalue weighted by molar-refractivity contribution is 5.76. The average Bonchev–Trinajstić information content (AvgIpc) is 2.77. The maximum atomic E-state index is 12.2. The Balaban J connectivity index is 1.97. The fourth-order valence-corrected chi connectivity index (χ4v) is 2.33. The predicted molar refractivity (Wildman–Crippen MR) is 72.2 cm³/mol. The molecule has 2 N–H and O–H groups in total. The number of hydrogen-bond acceptors (Lipinski definition) is 4. The van der Waals surface area contributed by atoms with Crippen molar-refractivity contribution in [2.45, 2.75) is 45.7 Å². The van der Waals surface area contributed by atoms with E-state index in [-0.39, 0.29) is 12.5 Å². The van der Waals surface area contributed by atoms with Crippen LogP contribution >= 0.6 is 0 Å². The molecular formula is C13H23N5O. The van der Waals surface area contributed by atoms with Crippen molar-refractivity contribution in [2.24, 2.45) is 11.7 Å². The van der Waals surface area contributed by atoms with Gasteiger partial charge in [-0.15, -0.1) is 5.10 Å². The van der Waals surface area contributed by atoms with Crippen LogP contribution in [0.5, 0.6) is 0 Å². The van der Waals surface area contributed by atoms with Crippen LogP contribution < -0.4 is 5.73 Å². The second kappa shape index (κ2) is 5.28. The Labute approximate surface area is 113 Å². The monoisotopic (exact) mass is 265 g/mol. The molecule has 0 saturated carbocycles. The molecule has 1 fully saturated rings. The van der Waals surface area contributed by atoms with E-state index < -0.39 is 5.54 Å². The lowest BCUT2D eigenvalue weighted by atomic mass is 10.0. The zero-order chi connectivity index (χ0) is 14.0. The number of nitrogens with zero attached hydrogens (tertiary/aromatic N) is 4. The molecule has 0 aliphatic carbocycles. The number of hydrogen-bond donors (Lipinski definition) is 1. The summed E-state index contributed by atoms with van der Waals surface area (Å²) < 4.78 is 1.57. The van der Waals surface area contributed by atoms with E-state index >= 15 is 0 Å². The van der Waals surface area contributed by atoms with E-state index in [0.29, 0.717) is 11.6 Å². The topological polar surface area (TPSA) is 77.0 Å². The van der Waals surface area contributed by atoms with Gasteiger partial charge in [0, 0.05) is 13.1 Å². The highest BCUT2D eigenvalue weighted by Gasteiger charge is 2.23. The van der Waals surface area contributed by atoms with Crippen molar-refractivity contribution < 1.29 is 4.79 Å². The first-order chi connectivity index (χ1) is 8.86. The number of aromatic nitrogens is 3. The summed E-state index contributed by atoms with van der Waals surface area (Å²) in [7, 11) is 0. The van der Waals surface area contributed by atoms with Crippen LogP contribution in [0.4, 0.5) is 0 Å². The molecule has 0 spiro atoms. The molecule has 1 unspecified atom stereocenters. The minimum Gasteiger partial charge on any atom is -0.341 e. The van der Waals surface area contributed by atoms with E-state index in [1.165, 1.54) is 6.42 Å². The Bertz CT molecular complexity index is 448. The Morgan fingerprint density at radius 1 is 1.58 bits per heavy atom. The van der Waals surface area contributed by atoms with Crippen LogP contribution in [0.2, 0.25) is 0 Å². The molecule has 1 amide bonds. The zero-order valence-electron chi connectivity index (χ0n) is 12.0. The molecular weight excluding hydrogens is 242 g/mol. The number of likely N-dealkylation sites (tertiary alicyclic amines) is 1. The van der Waals surface area contributed by atoms with Crippen LogP contribution in [0.3, 0.4) is 0 Å². The van der Waals surface area contributed by atoms with Crippen molar-refractivity contribution in [3.8, 4) is 0 Å². The molecule has 19 heavy (non-hydrogen) atoms. The maximum Gasteiger partial charge on any atom is 0.244 e. The van der Waals surface area contributed by atoms with Gasteiger partial charge in [-0.3, -0.25) is 4.79 Å². The number of rotatable bonds is 3. The third-order valence-corrected chi connectivity index (χ3v) is 3.51. The maximum absolute atomic E-state index is 12.2. The van der Waals surface area contributed by atoms with E-state index in [0.717, 1.165) is 19.5 Å². The van der Waals surface area contributed by atoms with Crippen molar-refractivity contribution in [2.75, 3.05) is 13.1 Å². The number of amides is 1. The van der Waals surface area contributed by atoms with Crippen LogP contribution in [0, 0.1) is 5.92 Å². The number of nitrogens with two attached hydrogens (primary N) is 1. The molecule has 106 valence electrons. The van der Waals surface area contributed by atoms with Gasteiger partial charge in [0.1, 0.15) is 12.2 Å². The molecule has 1 saturated heterocycles. The second-order valence-corrected chi connectivity index (χ2v) is 6.11. The molecule has 0 aromatic carbocycles. The summed E-state index contributed by atoms with van der Waals surface area (Å²) in [5.41, 5.74) is 6.13. The van der Waals surface area contributed by atoms with Crippen molar-refractivity contribution in [1.82, 2.24) is 19.9 Å². The summed E-state index contributed by atoms with van der Waals surface area (Å²) in [4.78, 5) is 14.1. The summed E-state index contributed by atoms with van der Waals surface area (Å²) >= 11 is 0. The number of carbonyl (C=O) groups is 1. The zero-order valence-corrected chi connectivity index (χ0v) is 12.0. The third-order valence-electron chi connectivity index (χ3n) is 3.51. The summed E-state index contributed by atoms with van der Waals surface area (Å²) in [5.74, 6) is 0.699. The summed E-state index contributed by atoms with van der Waals surface area (Å²) in [6.45, 7) is 7.88. The van der Waals surface area contributed by atoms with Crippen LogP contribution in [0.25, 0.3) is 0 Å². The fourth-order valence-electron chi connectivity index (χ4n) is 2.33. The first-order valence-corrected chi connectivity index (χ1v) is 6.83. The standard InChI is InChI=1S/C13H23N5O/c1-10-5-4-6-17(7-10)12(19)9-18-8-11(15-16-18)13(2,3)14/h8,10H,4-7,9,14H2,1-3H3. The minimum atomic E-state index is -0.527. The number of carbonyl (C=O) groups excluding carboxylic acids is 1. The van der Waals surface area contributed by atoms with Crippen molar-refractivity contribution >= 4 is 5.91 Å². The van der Waals surface area contributed by atoms with Gasteiger partial charge in [0.15, 0.2) is 0 Å². The first-order valence-electron chi connectivity index (χ1n) is 6.83. The summed E-state index contributed by atoms with van der Waals surface area (Å²) in [5, 5.41) is 7.99. The lowest BCUT2D eigenvalue weighted by molar-refractivity contribution is -0.133. The van der Waals surface area contributed by atoms with E-state index in [1.54, 1.807) is 10.9 Å². The quantitative estimate of drug-likeness (QED) is 0.874. The van der Waals surface area contributed by atoms with Gasteiger partial charge >= 0.3 is 0 Å². The average molecular weight is 265 g/mol. The largest absolute Gasteiger partial charge is 0.341 e. The molecule has 1 atom stereocenters. The van der Waals surface area contributed by atoms with E-state index in [2.05, 4.69) is 17.2 Å². The van der Waals surface area contributed by atoms with Gasteiger partial charge in [-0.25, -0.2) is 4.68 Å². The van der Waals surface area contributed by atoms with Gasteiger partial charge in [0.2, 0.25) is 5.91 Å². The molecule has 0 radical (unpaired) electrons. The molecule has 1 aromatic heterocycles. The van der Waals surface area contributed by atoms with Gasteiger partial charge in [0.25, 0.3) is 0 Å². The van der Waals surface area contributed by atoms with E-state index in [1.807, 2.05) is 18.7 Å². The van der Waals surface area contributed by atoms with Crippen LogP contribution in [-0.4, -0.2) is 38.9 Å². The molecule has 6 heteroatoms. The Morgan fingerprint density at radius 2 is 2.32 bits per heavy atom. The van der Waals surface area contributed by atoms with Crippen molar-refractivity contribution in [3.63, 3.8) is 0 Å². The molecule has 0 bridgehead atoms. The SMILES string of the molecule is CC1CCCN(C(=O)Cn2cc(C(C)(C)N)nn2)C1. The van der Waals surface area contributed by atoms with Gasteiger partial charge < -0.3 is 10.6 Å². The summed E-state index contributed by atoms with van der Waals surface area (Å²) in [6, 6.07) is 0. The molecule has 6 nitrogen and oxygen atoms in total. The Morgan fingerprint density at radius 3 is 2.89 bits per heavy atom. The van der Waals surface area contributed by atoms with Crippen LogP contribution in [0.1, 0.15) is 39.3 Å².